The van der Waals surface area contributed by atoms with E-state index in [1.165, 1.54) is 18.2 Å². The lowest BCUT2D eigenvalue weighted by atomic mass is 10.0. The third kappa shape index (κ3) is 2.86. The molecule has 1 N–H and O–H groups in total. The summed E-state index contributed by atoms with van der Waals surface area (Å²) in [6, 6.07) is 6.80. The van der Waals surface area contributed by atoms with Crippen LogP contribution in [-0.4, -0.2) is 5.11 Å². The number of hydrogen-bond donors (Lipinski definition) is 1. The first-order valence-electron chi connectivity index (χ1n) is 5.45. The summed E-state index contributed by atoms with van der Waals surface area (Å²) in [5.74, 6) is -1.01. The molecule has 0 spiro atoms. The summed E-state index contributed by atoms with van der Waals surface area (Å²) in [7, 11) is 0. The van der Waals surface area contributed by atoms with Crippen LogP contribution in [0.2, 0.25) is 0 Å². The monoisotopic (exact) mass is 270 g/mol. The molecule has 2 aromatic rings. The van der Waals surface area contributed by atoms with Crippen molar-refractivity contribution in [1.29, 1.82) is 0 Å². The molecule has 0 fully saturated rings. The molecule has 0 aliphatic carbocycles. The molecule has 100 valence electrons. The quantitative estimate of drug-likeness (QED) is 0.755. The van der Waals surface area contributed by atoms with Crippen molar-refractivity contribution in [1.82, 2.24) is 0 Å². The Morgan fingerprint density at radius 2 is 1.63 bits per heavy atom. The minimum absolute atomic E-state index is 0.117. The molecule has 0 atom stereocenters. The van der Waals surface area contributed by atoms with Crippen LogP contribution in [0.3, 0.4) is 0 Å². The van der Waals surface area contributed by atoms with E-state index in [-0.39, 0.29) is 11.1 Å². The van der Waals surface area contributed by atoms with Crippen molar-refractivity contribution in [2.24, 2.45) is 0 Å². The minimum Gasteiger partial charge on any atom is -0.508 e. The molecule has 0 unspecified atom stereocenters. The number of halogens is 4. The first-order chi connectivity index (χ1) is 8.77. The number of benzene rings is 2. The second-order valence-electron chi connectivity index (χ2n) is 4.23. The number of hydrogen-bond acceptors (Lipinski definition) is 1. The zero-order valence-corrected chi connectivity index (χ0v) is 9.92. The van der Waals surface area contributed by atoms with E-state index in [9.17, 15) is 22.7 Å². The molecule has 2 aromatic carbocycles. The van der Waals surface area contributed by atoms with Gasteiger partial charge in [0.25, 0.3) is 0 Å². The van der Waals surface area contributed by atoms with Crippen LogP contribution in [0.5, 0.6) is 5.75 Å². The molecule has 0 radical (unpaired) electrons. The third-order valence-corrected chi connectivity index (χ3v) is 2.75. The van der Waals surface area contributed by atoms with Crippen LogP contribution >= 0.6 is 0 Å². The van der Waals surface area contributed by atoms with Gasteiger partial charge in [-0.2, -0.15) is 13.2 Å². The summed E-state index contributed by atoms with van der Waals surface area (Å²) in [6.45, 7) is 1.56. The lowest BCUT2D eigenvalue weighted by Crippen LogP contribution is -2.04. The zero-order valence-electron chi connectivity index (χ0n) is 9.92. The van der Waals surface area contributed by atoms with E-state index >= 15 is 0 Å². The van der Waals surface area contributed by atoms with E-state index in [4.69, 9.17) is 0 Å². The lowest BCUT2D eigenvalue weighted by Gasteiger charge is -2.10. The molecule has 0 amide bonds. The Kier molecular flexibility index (Phi) is 3.22. The van der Waals surface area contributed by atoms with E-state index in [0.717, 1.165) is 12.1 Å². The fourth-order valence-electron chi connectivity index (χ4n) is 1.71. The van der Waals surface area contributed by atoms with Crippen molar-refractivity contribution in [2.45, 2.75) is 13.1 Å². The second kappa shape index (κ2) is 4.57. The molecule has 2 rings (SSSR count). The van der Waals surface area contributed by atoms with Crippen LogP contribution in [0.25, 0.3) is 11.1 Å². The first-order valence-corrected chi connectivity index (χ1v) is 5.45. The Morgan fingerprint density at radius 1 is 0.947 bits per heavy atom. The summed E-state index contributed by atoms with van der Waals surface area (Å²) < 4.78 is 51.3. The van der Waals surface area contributed by atoms with Crippen LogP contribution in [0.1, 0.15) is 11.1 Å². The largest absolute Gasteiger partial charge is 0.508 e. The summed E-state index contributed by atoms with van der Waals surface area (Å²) in [4.78, 5) is 0. The van der Waals surface area contributed by atoms with Crippen molar-refractivity contribution in [3.63, 3.8) is 0 Å². The van der Waals surface area contributed by atoms with Gasteiger partial charge in [-0.15, -0.1) is 0 Å². The van der Waals surface area contributed by atoms with Gasteiger partial charge >= 0.3 is 6.18 Å². The van der Waals surface area contributed by atoms with Gasteiger partial charge in [-0.25, -0.2) is 4.39 Å². The molecule has 0 saturated heterocycles. The summed E-state index contributed by atoms with van der Waals surface area (Å²) >= 11 is 0. The SMILES string of the molecule is Cc1ccc(-c2cc(O)cc(C(F)(F)F)c2)cc1F. The molecule has 0 bridgehead atoms. The topological polar surface area (TPSA) is 20.2 Å². The van der Waals surface area contributed by atoms with Crippen LogP contribution in [0.4, 0.5) is 17.6 Å². The van der Waals surface area contributed by atoms with Crippen LogP contribution in [0.15, 0.2) is 36.4 Å². The Morgan fingerprint density at radius 3 is 2.21 bits per heavy atom. The van der Waals surface area contributed by atoms with E-state index in [1.807, 2.05) is 0 Å². The highest BCUT2D eigenvalue weighted by Gasteiger charge is 2.31. The van der Waals surface area contributed by atoms with E-state index in [1.54, 1.807) is 6.92 Å². The van der Waals surface area contributed by atoms with E-state index in [0.29, 0.717) is 11.6 Å². The normalized spacial score (nSPS) is 11.6. The molecule has 1 nitrogen and oxygen atoms in total. The van der Waals surface area contributed by atoms with Gasteiger partial charge in [-0.3, -0.25) is 0 Å². The van der Waals surface area contributed by atoms with Gasteiger partial charge in [-0.1, -0.05) is 12.1 Å². The van der Waals surface area contributed by atoms with Crippen LogP contribution < -0.4 is 0 Å². The first kappa shape index (κ1) is 13.4. The van der Waals surface area contributed by atoms with Crippen LogP contribution in [-0.2, 0) is 6.18 Å². The van der Waals surface area contributed by atoms with Gasteiger partial charge in [0.05, 0.1) is 5.56 Å². The maximum Gasteiger partial charge on any atom is 0.416 e. The summed E-state index contributed by atoms with van der Waals surface area (Å²) in [6.07, 6.45) is -4.56. The maximum absolute atomic E-state index is 13.4. The zero-order chi connectivity index (χ0) is 14.2. The van der Waals surface area contributed by atoms with Crippen molar-refractivity contribution in [3.8, 4) is 16.9 Å². The molecule has 5 heteroatoms. The predicted molar refractivity (Wildman–Crippen MR) is 63.2 cm³/mol. The van der Waals surface area contributed by atoms with Crippen molar-refractivity contribution >= 4 is 0 Å². The average Bonchev–Trinajstić information content (AvgIpc) is 2.31. The van der Waals surface area contributed by atoms with Crippen molar-refractivity contribution in [2.75, 3.05) is 0 Å². The maximum atomic E-state index is 13.4. The number of aromatic hydroxyl groups is 1. The fraction of sp³-hybridized carbons (Fsp3) is 0.143. The third-order valence-electron chi connectivity index (χ3n) is 2.75. The standard InChI is InChI=1S/C14H10F4O/c1-8-2-3-9(6-13(8)15)10-4-11(14(16,17)18)7-12(19)5-10/h2-7,19H,1H3. The number of rotatable bonds is 1. The van der Waals surface area contributed by atoms with Crippen LogP contribution in [0, 0.1) is 12.7 Å². The minimum atomic E-state index is -4.56. The molecule has 0 aliphatic rings. The highest BCUT2D eigenvalue weighted by molar-refractivity contribution is 5.66. The molecule has 0 aliphatic heterocycles. The molecule has 0 aromatic heterocycles. The summed E-state index contributed by atoms with van der Waals surface area (Å²) in [5.41, 5.74) is -0.167. The Hall–Kier alpha value is -2.04. The molecule has 0 saturated carbocycles. The molecule has 0 heterocycles. The highest BCUT2D eigenvalue weighted by atomic mass is 19.4. The van der Waals surface area contributed by atoms with Gasteiger partial charge in [0, 0.05) is 0 Å². The van der Waals surface area contributed by atoms with Gasteiger partial charge in [0.2, 0.25) is 0 Å². The van der Waals surface area contributed by atoms with Gasteiger partial charge in [-0.05, 0) is 47.9 Å². The van der Waals surface area contributed by atoms with E-state index in [2.05, 4.69) is 0 Å². The number of phenolic OH excluding ortho intramolecular Hbond substituents is 1. The number of aryl methyl sites for hydroxylation is 1. The molecular formula is C14H10F4O. The Bertz CT molecular complexity index is 617. The van der Waals surface area contributed by atoms with E-state index < -0.39 is 23.3 Å². The highest BCUT2D eigenvalue weighted by Crippen LogP contribution is 2.35. The average molecular weight is 270 g/mol. The Balaban J connectivity index is 2.56. The van der Waals surface area contributed by atoms with Gasteiger partial charge < -0.3 is 5.11 Å². The smallest absolute Gasteiger partial charge is 0.416 e. The van der Waals surface area contributed by atoms with Gasteiger partial charge in [0.1, 0.15) is 11.6 Å². The number of alkyl halides is 3. The molecular weight excluding hydrogens is 260 g/mol. The number of phenols is 1. The van der Waals surface area contributed by atoms with Gasteiger partial charge in [0.15, 0.2) is 0 Å². The van der Waals surface area contributed by atoms with Crippen molar-refractivity contribution < 1.29 is 22.7 Å². The van der Waals surface area contributed by atoms with Crippen molar-refractivity contribution in [3.05, 3.63) is 53.3 Å². The summed E-state index contributed by atoms with van der Waals surface area (Å²) in [5, 5.41) is 9.35. The predicted octanol–water partition coefficient (Wildman–Crippen LogP) is 4.53. The lowest BCUT2D eigenvalue weighted by molar-refractivity contribution is -0.137. The fourth-order valence-corrected chi connectivity index (χ4v) is 1.71. The Labute approximate surface area is 107 Å². The second-order valence-corrected chi connectivity index (χ2v) is 4.23. The molecule has 19 heavy (non-hydrogen) atoms.